The summed E-state index contributed by atoms with van der Waals surface area (Å²) >= 11 is 0. The lowest BCUT2D eigenvalue weighted by atomic mass is 10.2. The predicted molar refractivity (Wildman–Crippen MR) is 122 cm³/mol. The molecule has 2 fully saturated rings. The van der Waals surface area contributed by atoms with Crippen LogP contribution in [0.2, 0.25) is 0 Å². The first kappa shape index (κ1) is 25.3. The van der Waals surface area contributed by atoms with Gasteiger partial charge < -0.3 is 19.7 Å². The zero-order valence-electron chi connectivity index (χ0n) is 19.4. The molecule has 1 aromatic heterocycles. The molecular weight excluding hydrogens is 450 g/mol. The van der Waals surface area contributed by atoms with Gasteiger partial charge in [-0.05, 0) is 19.4 Å². The Bertz CT molecular complexity index is 942. The largest absolute Gasteiger partial charge is 0.465 e. The summed E-state index contributed by atoms with van der Waals surface area (Å²) in [5, 5.41) is 2.96. The average molecular weight is 484 g/mol. The molecule has 11 nitrogen and oxygen atoms in total. The minimum absolute atomic E-state index is 0.0183. The molecule has 3 heterocycles. The van der Waals surface area contributed by atoms with E-state index in [0.29, 0.717) is 51.8 Å². The molecule has 0 spiro atoms. The van der Waals surface area contributed by atoms with Crippen molar-refractivity contribution in [3.05, 3.63) is 17.8 Å². The number of nitrogens with zero attached hydrogens (tertiary/aromatic N) is 4. The molecule has 0 bridgehead atoms. The van der Waals surface area contributed by atoms with Crippen molar-refractivity contribution in [2.75, 3.05) is 71.0 Å². The standard InChI is InChI=1S/C21H33N5O6S/c1-4-16(2)23-19(27)15-24-5-7-25(8-6-24)20-18(13-17(14-22-20)21(28)31-3)33(29,30)26-9-11-32-12-10-26/h13-14,16H,4-12,15H2,1-3H3,(H,23,27). The number of methoxy groups -OCH3 is 1. The van der Waals surface area contributed by atoms with E-state index in [1.54, 1.807) is 0 Å². The van der Waals surface area contributed by atoms with E-state index in [0.717, 1.165) is 6.42 Å². The van der Waals surface area contributed by atoms with Gasteiger partial charge in [0.1, 0.15) is 10.7 Å². The van der Waals surface area contributed by atoms with E-state index in [4.69, 9.17) is 9.47 Å². The number of aromatic nitrogens is 1. The Kier molecular flexibility index (Phi) is 8.63. The molecule has 3 rings (SSSR count). The fraction of sp³-hybridized carbons (Fsp3) is 0.667. The van der Waals surface area contributed by atoms with E-state index in [9.17, 15) is 18.0 Å². The van der Waals surface area contributed by atoms with Crippen LogP contribution in [0.15, 0.2) is 17.2 Å². The molecule has 2 saturated heterocycles. The molecule has 1 amide bonds. The smallest absolute Gasteiger partial charge is 0.339 e. The second-order valence-corrected chi connectivity index (χ2v) is 10.1. The third-order valence-corrected chi connectivity index (χ3v) is 7.80. The average Bonchev–Trinajstić information content (AvgIpc) is 2.84. The first-order chi connectivity index (χ1) is 15.8. The van der Waals surface area contributed by atoms with Crippen LogP contribution in [-0.2, 0) is 24.3 Å². The number of morpholine rings is 1. The first-order valence-corrected chi connectivity index (χ1v) is 12.6. The highest BCUT2D eigenvalue weighted by Gasteiger charge is 2.33. The van der Waals surface area contributed by atoms with E-state index in [2.05, 4.69) is 10.3 Å². The van der Waals surface area contributed by atoms with Gasteiger partial charge in [0, 0.05) is 51.5 Å². The number of esters is 1. The molecular formula is C21H33N5O6S. The number of ether oxygens (including phenoxy) is 2. The monoisotopic (exact) mass is 483 g/mol. The fourth-order valence-electron chi connectivity index (χ4n) is 3.76. The molecule has 0 aromatic carbocycles. The quantitative estimate of drug-likeness (QED) is 0.506. The molecule has 0 saturated carbocycles. The van der Waals surface area contributed by atoms with E-state index in [1.165, 1.54) is 23.7 Å². The number of anilines is 1. The molecule has 0 aliphatic carbocycles. The SMILES string of the molecule is CCC(C)NC(=O)CN1CCN(c2ncc(C(=O)OC)cc2S(=O)(=O)N2CCOCC2)CC1. The highest BCUT2D eigenvalue weighted by Crippen LogP contribution is 2.28. The molecule has 1 aromatic rings. The Morgan fingerprint density at radius 2 is 1.85 bits per heavy atom. The minimum Gasteiger partial charge on any atom is -0.465 e. The summed E-state index contributed by atoms with van der Waals surface area (Å²) in [4.78, 5) is 32.5. The number of carbonyl (C=O) groups is 2. The number of rotatable bonds is 8. The van der Waals surface area contributed by atoms with Crippen LogP contribution < -0.4 is 10.2 Å². The summed E-state index contributed by atoms with van der Waals surface area (Å²) in [5.74, 6) is -0.364. The van der Waals surface area contributed by atoms with E-state index in [1.807, 2.05) is 23.6 Å². The van der Waals surface area contributed by atoms with Crippen molar-refractivity contribution < 1.29 is 27.5 Å². The summed E-state index contributed by atoms with van der Waals surface area (Å²) in [6.45, 7) is 7.58. The molecule has 1 N–H and O–H groups in total. The Labute approximate surface area is 195 Å². The van der Waals surface area contributed by atoms with Crippen molar-refractivity contribution in [1.29, 1.82) is 0 Å². The number of carbonyl (C=O) groups excluding carboxylic acids is 2. The Morgan fingerprint density at radius 3 is 2.45 bits per heavy atom. The lowest BCUT2D eigenvalue weighted by molar-refractivity contribution is -0.122. The van der Waals surface area contributed by atoms with E-state index in [-0.39, 0.29) is 35.5 Å². The second kappa shape index (κ2) is 11.2. The van der Waals surface area contributed by atoms with Gasteiger partial charge in [-0.15, -0.1) is 0 Å². The van der Waals surface area contributed by atoms with Crippen LogP contribution in [0.1, 0.15) is 30.6 Å². The van der Waals surface area contributed by atoms with Gasteiger partial charge in [0.25, 0.3) is 0 Å². The van der Waals surface area contributed by atoms with Crippen LogP contribution >= 0.6 is 0 Å². The Morgan fingerprint density at radius 1 is 1.18 bits per heavy atom. The Hall–Kier alpha value is -2.28. The summed E-state index contributed by atoms with van der Waals surface area (Å²) in [7, 11) is -2.65. The molecule has 0 radical (unpaired) electrons. The van der Waals surface area contributed by atoms with Crippen LogP contribution in [-0.4, -0.2) is 107 Å². The van der Waals surface area contributed by atoms with Gasteiger partial charge >= 0.3 is 5.97 Å². The van der Waals surface area contributed by atoms with Crippen molar-refractivity contribution in [2.45, 2.75) is 31.2 Å². The summed E-state index contributed by atoms with van der Waals surface area (Å²) < 4.78 is 38.3. The normalized spacial score (nSPS) is 19.2. The van der Waals surface area contributed by atoms with Gasteiger partial charge in [-0.25, -0.2) is 18.2 Å². The topological polar surface area (TPSA) is 121 Å². The van der Waals surface area contributed by atoms with Gasteiger partial charge in [0.2, 0.25) is 15.9 Å². The number of nitrogens with one attached hydrogen (secondary N) is 1. The van der Waals surface area contributed by atoms with Crippen molar-refractivity contribution in [3.63, 3.8) is 0 Å². The summed E-state index contributed by atoms with van der Waals surface area (Å²) in [5.41, 5.74) is 0.0773. The van der Waals surface area contributed by atoms with Gasteiger partial charge in [-0.2, -0.15) is 4.31 Å². The predicted octanol–water partition coefficient (Wildman–Crippen LogP) is -0.0742. The molecule has 33 heavy (non-hydrogen) atoms. The maximum atomic E-state index is 13.4. The third kappa shape index (κ3) is 6.19. The molecule has 1 atom stereocenters. The molecule has 2 aliphatic heterocycles. The second-order valence-electron chi connectivity index (χ2n) is 8.19. The van der Waals surface area contributed by atoms with Crippen LogP contribution in [0, 0.1) is 0 Å². The van der Waals surface area contributed by atoms with Gasteiger partial charge in [0.15, 0.2) is 0 Å². The lowest BCUT2D eigenvalue weighted by Crippen LogP contribution is -2.51. The highest BCUT2D eigenvalue weighted by molar-refractivity contribution is 7.89. The maximum absolute atomic E-state index is 13.4. The molecule has 1 unspecified atom stereocenters. The fourth-order valence-corrected chi connectivity index (χ4v) is 5.36. The maximum Gasteiger partial charge on any atom is 0.339 e. The van der Waals surface area contributed by atoms with Crippen molar-refractivity contribution in [2.24, 2.45) is 0 Å². The van der Waals surface area contributed by atoms with Crippen molar-refractivity contribution in [3.8, 4) is 0 Å². The highest BCUT2D eigenvalue weighted by atomic mass is 32.2. The van der Waals surface area contributed by atoms with Gasteiger partial charge in [-0.1, -0.05) is 6.92 Å². The minimum atomic E-state index is -3.89. The van der Waals surface area contributed by atoms with Crippen molar-refractivity contribution >= 4 is 27.7 Å². The zero-order valence-corrected chi connectivity index (χ0v) is 20.3. The number of hydrogen-bond acceptors (Lipinski definition) is 9. The number of amides is 1. The first-order valence-electron chi connectivity index (χ1n) is 11.2. The van der Waals surface area contributed by atoms with Gasteiger partial charge in [0.05, 0.1) is 32.4 Å². The molecule has 184 valence electrons. The van der Waals surface area contributed by atoms with Crippen LogP contribution in [0.5, 0.6) is 0 Å². The molecule has 12 heteroatoms. The molecule has 2 aliphatic rings. The van der Waals surface area contributed by atoms with E-state index >= 15 is 0 Å². The van der Waals surface area contributed by atoms with Crippen LogP contribution in [0.25, 0.3) is 0 Å². The lowest BCUT2D eigenvalue weighted by Gasteiger charge is -2.36. The number of piperazine rings is 1. The summed E-state index contributed by atoms with van der Waals surface area (Å²) in [6.07, 6.45) is 2.21. The number of pyridine rings is 1. The van der Waals surface area contributed by atoms with E-state index < -0.39 is 16.0 Å². The number of hydrogen-bond donors (Lipinski definition) is 1. The van der Waals surface area contributed by atoms with Crippen LogP contribution in [0.4, 0.5) is 5.82 Å². The third-order valence-electron chi connectivity index (χ3n) is 5.90. The number of sulfonamides is 1. The zero-order chi connectivity index (χ0) is 24.0. The van der Waals surface area contributed by atoms with Crippen LogP contribution in [0.3, 0.4) is 0 Å². The van der Waals surface area contributed by atoms with Gasteiger partial charge in [-0.3, -0.25) is 9.69 Å². The summed E-state index contributed by atoms with van der Waals surface area (Å²) in [6, 6.07) is 1.47. The van der Waals surface area contributed by atoms with Crippen molar-refractivity contribution in [1.82, 2.24) is 19.5 Å². The Balaban J connectivity index is 1.79.